The van der Waals surface area contributed by atoms with E-state index >= 15 is 0 Å². The molecule has 0 saturated heterocycles. The first kappa shape index (κ1) is 24.4. The third kappa shape index (κ3) is 3.80. The predicted octanol–water partition coefficient (Wildman–Crippen LogP) is 2.18. The lowest BCUT2D eigenvalue weighted by Gasteiger charge is -2.22. The molecule has 3 heterocycles. The number of rotatable bonds is 4. The summed E-state index contributed by atoms with van der Waals surface area (Å²) in [6.07, 6.45) is 0. The number of carbonyl (C=O) groups is 3. The second-order valence-corrected chi connectivity index (χ2v) is 9.41. The first-order valence-electron chi connectivity index (χ1n) is 11.6. The zero-order valence-electron chi connectivity index (χ0n) is 20.6. The smallest absolute Gasteiger partial charge is 0.338 e. The van der Waals surface area contributed by atoms with Gasteiger partial charge in [0, 0.05) is 18.2 Å². The van der Waals surface area contributed by atoms with E-state index in [1.165, 1.54) is 11.5 Å². The van der Waals surface area contributed by atoms with Crippen molar-refractivity contribution in [1.82, 2.24) is 4.57 Å². The van der Waals surface area contributed by atoms with Crippen molar-refractivity contribution >= 4 is 46.1 Å². The van der Waals surface area contributed by atoms with Crippen molar-refractivity contribution in [2.24, 2.45) is 4.99 Å². The van der Waals surface area contributed by atoms with E-state index in [2.05, 4.69) is 0 Å². The minimum absolute atomic E-state index is 0.143. The van der Waals surface area contributed by atoms with Crippen LogP contribution in [0.5, 0.6) is 5.75 Å². The minimum atomic E-state index is -0.721. The van der Waals surface area contributed by atoms with Crippen molar-refractivity contribution in [3.05, 3.63) is 84.9 Å². The van der Waals surface area contributed by atoms with Crippen LogP contribution < -0.4 is 24.5 Å². The number of esters is 1. The largest absolute Gasteiger partial charge is 0.497 e. The van der Waals surface area contributed by atoms with Crippen LogP contribution in [-0.4, -0.2) is 36.1 Å². The molecule has 2 aromatic carbocycles. The van der Waals surface area contributed by atoms with Crippen molar-refractivity contribution in [2.75, 3.05) is 18.6 Å². The Labute approximate surface area is 215 Å². The Balaban J connectivity index is 1.80. The number of hydrogen-bond acceptors (Lipinski definition) is 8. The number of amides is 2. The Kier molecular flexibility index (Phi) is 6.12. The van der Waals surface area contributed by atoms with Crippen LogP contribution in [-0.2, 0) is 19.1 Å². The maximum absolute atomic E-state index is 13.7. The number of benzene rings is 2. The highest BCUT2D eigenvalue weighted by atomic mass is 32.1. The number of anilines is 1. The van der Waals surface area contributed by atoms with Crippen LogP contribution in [0.2, 0.25) is 0 Å². The van der Waals surface area contributed by atoms with Gasteiger partial charge in [0.05, 0.1) is 30.6 Å². The predicted molar refractivity (Wildman–Crippen MR) is 138 cm³/mol. The molecule has 37 heavy (non-hydrogen) atoms. The van der Waals surface area contributed by atoms with E-state index in [0.717, 1.165) is 21.8 Å². The molecule has 0 saturated carbocycles. The van der Waals surface area contributed by atoms with E-state index in [4.69, 9.17) is 14.5 Å². The number of fused-ring (bicyclic) bond motifs is 2. The fourth-order valence-corrected chi connectivity index (χ4v) is 5.77. The van der Waals surface area contributed by atoms with Crippen LogP contribution in [0.3, 0.4) is 0 Å². The molecule has 0 aliphatic carbocycles. The standard InChI is InChI=1S/C27H23N3O6S/c1-5-36-26(34)20-14(2)29-25(33)23(21-18-8-6-7-9-19(18)30(15(3)31)24(21)32)37-27(29)28-22(20)16-10-12-17(35-4)13-11-16/h6-13,22H,5H2,1-4H3/b23-21-/t22-/m1/s1. The molecule has 9 nitrogen and oxygen atoms in total. The van der Waals surface area contributed by atoms with Crippen molar-refractivity contribution in [1.29, 1.82) is 0 Å². The highest BCUT2D eigenvalue weighted by Crippen LogP contribution is 2.36. The number of allylic oxidation sites excluding steroid dienone is 1. The molecule has 10 heteroatoms. The van der Waals surface area contributed by atoms with Gasteiger partial charge in [-0.05, 0) is 37.6 Å². The number of nitrogens with zero attached hydrogens (tertiary/aromatic N) is 3. The summed E-state index contributed by atoms with van der Waals surface area (Å²) in [7, 11) is 1.56. The Morgan fingerprint density at radius 2 is 1.78 bits per heavy atom. The zero-order chi connectivity index (χ0) is 26.4. The van der Waals surface area contributed by atoms with E-state index in [0.29, 0.717) is 27.5 Å². The molecule has 0 N–H and O–H groups in total. The summed E-state index contributed by atoms with van der Waals surface area (Å²) in [5.74, 6) is -0.937. The number of methoxy groups -OCH3 is 1. The number of ether oxygens (including phenoxy) is 2. The molecule has 2 aliphatic heterocycles. The van der Waals surface area contributed by atoms with Gasteiger partial charge in [-0.2, -0.15) is 0 Å². The molecule has 5 rings (SSSR count). The lowest BCUT2D eigenvalue weighted by molar-refractivity contribution is -0.138. The number of imide groups is 1. The van der Waals surface area contributed by atoms with Gasteiger partial charge in [0.2, 0.25) is 5.91 Å². The lowest BCUT2D eigenvalue weighted by Crippen LogP contribution is -2.37. The average Bonchev–Trinajstić information content (AvgIpc) is 3.36. The maximum atomic E-state index is 13.7. The molecular formula is C27H23N3O6S. The van der Waals surface area contributed by atoms with Crippen molar-refractivity contribution in [3.8, 4) is 5.75 Å². The molecule has 0 fully saturated rings. The average molecular weight is 518 g/mol. The Bertz CT molecular complexity index is 1680. The fraction of sp³-hybridized carbons (Fsp3) is 0.222. The highest BCUT2D eigenvalue weighted by molar-refractivity contribution is 7.07. The summed E-state index contributed by atoms with van der Waals surface area (Å²) in [6.45, 7) is 4.83. The second-order valence-electron chi connectivity index (χ2n) is 8.43. The van der Waals surface area contributed by atoms with E-state index in [1.54, 1.807) is 69.5 Å². The van der Waals surface area contributed by atoms with Gasteiger partial charge in [-0.25, -0.2) is 14.7 Å². The SMILES string of the molecule is CCOC(=O)C1=C(C)n2c(s/c(=C3\C(=O)N(C(C)=O)c4ccccc43)c2=O)=N[C@@H]1c1ccc(OC)cc1. The van der Waals surface area contributed by atoms with Gasteiger partial charge in [0.15, 0.2) is 4.80 Å². The monoisotopic (exact) mass is 517 g/mol. The highest BCUT2D eigenvalue weighted by Gasteiger charge is 2.37. The summed E-state index contributed by atoms with van der Waals surface area (Å²) in [4.78, 5) is 58.6. The van der Waals surface area contributed by atoms with Gasteiger partial charge >= 0.3 is 5.97 Å². The third-order valence-corrected chi connectivity index (χ3v) is 7.37. The molecule has 0 spiro atoms. The number of carbonyl (C=O) groups excluding carboxylic acids is 3. The minimum Gasteiger partial charge on any atom is -0.497 e. The molecule has 1 aromatic heterocycles. The Morgan fingerprint density at radius 1 is 1.08 bits per heavy atom. The normalized spacial score (nSPS) is 17.8. The number of hydrogen-bond donors (Lipinski definition) is 0. The molecule has 188 valence electrons. The van der Waals surface area contributed by atoms with Crippen molar-refractivity contribution in [2.45, 2.75) is 26.8 Å². The van der Waals surface area contributed by atoms with Crippen LogP contribution in [0, 0.1) is 0 Å². The summed E-state index contributed by atoms with van der Waals surface area (Å²) in [5, 5.41) is 0. The van der Waals surface area contributed by atoms with E-state index in [1.807, 2.05) is 0 Å². The summed E-state index contributed by atoms with van der Waals surface area (Å²) >= 11 is 1.05. The molecule has 1 atom stereocenters. The second kappa shape index (κ2) is 9.29. The molecule has 0 bridgehead atoms. The van der Waals surface area contributed by atoms with Gasteiger partial charge in [0.25, 0.3) is 11.5 Å². The van der Waals surface area contributed by atoms with Crippen LogP contribution in [0.1, 0.15) is 37.9 Å². The summed E-state index contributed by atoms with van der Waals surface area (Å²) in [6, 6.07) is 13.3. The number of aromatic nitrogens is 1. The topological polar surface area (TPSA) is 107 Å². The Morgan fingerprint density at radius 3 is 2.43 bits per heavy atom. The van der Waals surface area contributed by atoms with Gasteiger partial charge in [-0.1, -0.05) is 41.7 Å². The van der Waals surface area contributed by atoms with Crippen LogP contribution in [0.15, 0.2) is 63.9 Å². The molecule has 3 aromatic rings. The van der Waals surface area contributed by atoms with Crippen LogP contribution >= 0.6 is 11.3 Å². The first-order chi connectivity index (χ1) is 17.8. The van der Waals surface area contributed by atoms with Crippen LogP contribution in [0.4, 0.5) is 5.69 Å². The zero-order valence-corrected chi connectivity index (χ0v) is 21.4. The Hall–Kier alpha value is -4.31. The van der Waals surface area contributed by atoms with E-state index in [9.17, 15) is 19.2 Å². The van der Waals surface area contributed by atoms with Gasteiger partial charge in [-0.3, -0.25) is 19.0 Å². The molecule has 0 unspecified atom stereocenters. The van der Waals surface area contributed by atoms with Gasteiger partial charge < -0.3 is 9.47 Å². The maximum Gasteiger partial charge on any atom is 0.338 e. The number of para-hydroxylation sites is 1. The fourth-order valence-electron chi connectivity index (χ4n) is 4.64. The molecule has 2 aliphatic rings. The summed E-state index contributed by atoms with van der Waals surface area (Å²) < 4.78 is 12.1. The number of thiazole rings is 1. The van der Waals surface area contributed by atoms with Crippen molar-refractivity contribution < 1.29 is 23.9 Å². The van der Waals surface area contributed by atoms with Crippen LogP contribution in [0.25, 0.3) is 11.3 Å². The quantitative estimate of drug-likeness (QED) is 0.491. The molecular weight excluding hydrogens is 494 g/mol. The van der Waals surface area contributed by atoms with Gasteiger partial charge in [-0.15, -0.1) is 0 Å². The van der Waals surface area contributed by atoms with Gasteiger partial charge in [0.1, 0.15) is 16.3 Å². The molecule has 0 radical (unpaired) electrons. The lowest BCUT2D eigenvalue weighted by atomic mass is 9.96. The van der Waals surface area contributed by atoms with E-state index in [-0.39, 0.29) is 22.3 Å². The molecule has 2 amide bonds. The van der Waals surface area contributed by atoms with E-state index < -0.39 is 29.4 Å². The van der Waals surface area contributed by atoms with Crippen molar-refractivity contribution in [3.63, 3.8) is 0 Å². The first-order valence-corrected chi connectivity index (χ1v) is 12.4. The third-order valence-electron chi connectivity index (χ3n) is 6.32. The summed E-state index contributed by atoms with van der Waals surface area (Å²) in [5.41, 5.74) is 1.91.